The Morgan fingerprint density at radius 2 is 1.94 bits per heavy atom. The Balaban J connectivity index is 2.29. The molecule has 1 N–H and O–H groups in total. The lowest BCUT2D eigenvalue weighted by Crippen LogP contribution is -2.23. The van der Waals surface area contributed by atoms with Gasteiger partial charge in [-0.1, -0.05) is 37.0 Å². The Bertz CT molecular complexity index is 385. The largest absolute Gasteiger partial charge is 0.491 e. The third-order valence-electron chi connectivity index (χ3n) is 2.41. The molecule has 0 unspecified atom stereocenters. The van der Waals surface area contributed by atoms with E-state index in [9.17, 15) is 0 Å². The van der Waals surface area contributed by atoms with Gasteiger partial charge in [-0.15, -0.1) is 0 Å². The Kier molecular flexibility index (Phi) is 7.38. The molecule has 0 heterocycles. The average molecular weight is 355 g/mol. The van der Waals surface area contributed by atoms with Crippen molar-refractivity contribution in [1.29, 1.82) is 0 Å². The summed E-state index contributed by atoms with van der Waals surface area (Å²) in [5.74, 6) is 1.34. The average Bonchev–Trinajstić information content (AvgIpc) is 2.29. The van der Waals surface area contributed by atoms with Crippen molar-refractivity contribution in [2.45, 2.75) is 20.3 Å². The van der Waals surface area contributed by atoms with Crippen LogP contribution in [0.1, 0.15) is 20.3 Å². The van der Waals surface area contributed by atoms with Gasteiger partial charge in [-0.05, 0) is 40.9 Å². The Labute approximate surface area is 127 Å². The molecule has 2 nitrogen and oxygen atoms in total. The van der Waals surface area contributed by atoms with Gasteiger partial charge in [0.2, 0.25) is 0 Å². The highest BCUT2D eigenvalue weighted by atomic mass is 79.9. The quantitative estimate of drug-likeness (QED) is 0.562. The van der Waals surface area contributed by atoms with Crippen molar-refractivity contribution in [3.63, 3.8) is 0 Å². The molecule has 1 aromatic rings. The van der Waals surface area contributed by atoms with Gasteiger partial charge in [-0.25, -0.2) is 0 Å². The van der Waals surface area contributed by atoms with Crippen molar-refractivity contribution in [2.75, 3.05) is 19.7 Å². The van der Waals surface area contributed by atoms with Gasteiger partial charge < -0.3 is 10.1 Å². The van der Waals surface area contributed by atoms with E-state index in [0.717, 1.165) is 23.5 Å². The van der Waals surface area contributed by atoms with Crippen molar-refractivity contribution in [2.24, 2.45) is 5.92 Å². The van der Waals surface area contributed by atoms with Crippen LogP contribution >= 0.6 is 39.1 Å². The molecule has 0 saturated heterocycles. The number of hydrogen-bond acceptors (Lipinski definition) is 2. The van der Waals surface area contributed by atoms with Crippen LogP contribution in [-0.2, 0) is 0 Å². The zero-order valence-corrected chi connectivity index (χ0v) is 13.7. The summed E-state index contributed by atoms with van der Waals surface area (Å²) in [5, 5.41) is 4.48. The fourth-order valence-corrected chi connectivity index (χ4v) is 2.21. The molecule has 0 aromatic heterocycles. The zero-order valence-electron chi connectivity index (χ0n) is 10.6. The van der Waals surface area contributed by atoms with Crippen LogP contribution in [0.2, 0.25) is 10.0 Å². The molecule has 0 atom stereocenters. The first kappa shape index (κ1) is 16.1. The molecule has 102 valence electrons. The zero-order chi connectivity index (χ0) is 13.5. The molecule has 5 heteroatoms. The summed E-state index contributed by atoms with van der Waals surface area (Å²) in [4.78, 5) is 0. The highest BCUT2D eigenvalue weighted by Gasteiger charge is 2.06. The SMILES string of the molecule is CC(C)CCNCCOc1cc(Cl)c(Br)cc1Cl. The van der Waals surface area contributed by atoms with E-state index in [2.05, 4.69) is 35.1 Å². The number of halogens is 3. The van der Waals surface area contributed by atoms with Crippen molar-refractivity contribution >= 4 is 39.1 Å². The van der Waals surface area contributed by atoms with Crippen LogP contribution in [0.4, 0.5) is 0 Å². The fourth-order valence-electron chi connectivity index (χ4n) is 1.36. The van der Waals surface area contributed by atoms with E-state index >= 15 is 0 Å². The van der Waals surface area contributed by atoms with E-state index in [1.807, 2.05) is 0 Å². The van der Waals surface area contributed by atoms with Crippen LogP contribution in [0.15, 0.2) is 16.6 Å². The molecule has 0 saturated carbocycles. The van der Waals surface area contributed by atoms with Crippen molar-refractivity contribution < 1.29 is 4.74 Å². The topological polar surface area (TPSA) is 21.3 Å². The monoisotopic (exact) mass is 353 g/mol. The highest BCUT2D eigenvalue weighted by molar-refractivity contribution is 9.10. The van der Waals surface area contributed by atoms with Gasteiger partial charge in [0.15, 0.2) is 0 Å². The number of nitrogens with one attached hydrogen (secondary N) is 1. The minimum Gasteiger partial charge on any atom is -0.491 e. The molecule has 1 rings (SSSR count). The van der Waals surface area contributed by atoms with Crippen LogP contribution < -0.4 is 10.1 Å². The van der Waals surface area contributed by atoms with Crippen LogP contribution in [-0.4, -0.2) is 19.7 Å². The number of benzene rings is 1. The minimum atomic E-state index is 0.563. The van der Waals surface area contributed by atoms with Crippen molar-refractivity contribution in [1.82, 2.24) is 5.32 Å². The van der Waals surface area contributed by atoms with E-state index in [1.54, 1.807) is 12.1 Å². The number of rotatable bonds is 7. The van der Waals surface area contributed by atoms with Gasteiger partial charge >= 0.3 is 0 Å². The van der Waals surface area contributed by atoms with Crippen LogP contribution in [0.3, 0.4) is 0 Å². The lowest BCUT2D eigenvalue weighted by atomic mass is 10.1. The van der Waals surface area contributed by atoms with Crippen LogP contribution in [0.25, 0.3) is 0 Å². The molecular weight excluding hydrogens is 337 g/mol. The second kappa shape index (κ2) is 8.26. The standard InChI is InChI=1S/C13H18BrCl2NO/c1-9(2)3-4-17-5-6-18-13-8-11(15)10(14)7-12(13)16/h7-9,17H,3-6H2,1-2H3. The minimum absolute atomic E-state index is 0.563. The third-order valence-corrected chi connectivity index (χ3v) is 3.90. The molecule has 0 bridgehead atoms. The summed E-state index contributed by atoms with van der Waals surface area (Å²) in [7, 11) is 0. The summed E-state index contributed by atoms with van der Waals surface area (Å²) < 4.78 is 6.35. The summed E-state index contributed by atoms with van der Waals surface area (Å²) in [5.41, 5.74) is 0. The molecular formula is C13H18BrCl2NO. The van der Waals surface area contributed by atoms with E-state index < -0.39 is 0 Å². The third kappa shape index (κ3) is 5.79. The van der Waals surface area contributed by atoms with Crippen molar-refractivity contribution in [3.05, 3.63) is 26.7 Å². The molecule has 0 aliphatic heterocycles. The second-order valence-corrected chi connectivity index (χ2v) is 6.15. The highest BCUT2D eigenvalue weighted by Crippen LogP contribution is 2.33. The lowest BCUT2D eigenvalue weighted by molar-refractivity contribution is 0.312. The summed E-state index contributed by atoms with van der Waals surface area (Å²) in [6.07, 6.45) is 1.17. The molecule has 1 aromatic carbocycles. The van der Waals surface area contributed by atoms with E-state index in [4.69, 9.17) is 27.9 Å². The lowest BCUT2D eigenvalue weighted by Gasteiger charge is -2.10. The van der Waals surface area contributed by atoms with E-state index in [-0.39, 0.29) is 0 Å². The maximum absolute atomic E-state index is 6.05. The number of hydrogen-bond donors (Lipinski definition) is 1. The molecule has 0 aliphatic carbocycles. The maximum atomic E-state index is 6.05. The van der Waals surface area contributed by atoms with Gasteiger partial charge in [0, 0.05) is 17.1 Å². The van der Waals surface area contributed by atoms with Gasteiger partial charge in [-0.3, -0.25) is 0 Å². The normalized spacial score (nSPS) is 11.0. The van der Waals surface area contributed by atoms with Crippen LogP contribution in [0.5, 0.6) is 5.75 Å². The van der Waals surface area contributed by atoms with Gasteiger partial charge in [-0.2, -0.15) is 0 Å². The van der Waals surface area contributed by atoms with Crippen LogP contribution in [0, 0.1) is 5.92 Å². The fraction of sp³-hybridized carbons (Fsp3) is 0.538. The molecule has 0 amide bonds. The molecule has 0 spiro atoms. The smallest absolute Gasteiger partial charge is 0.139 e. The van der Waals surface area contributed by atoms with E-state index in [1.165, 1.54) is 6.42 Å². The van der Waals surface area contributed by atoms with E-state index in [0.29, 0.717) is 22.4 Å². The number of ether oxygens (including phenoxy) is 1. The molecule has 18 heavy (non-hydrogen) atoms. The summed E-state index contributed by atoms with van der Waals surface area (Å²) >= 11 is 15.3. The van der Waals surface area contributed by atoms with Crippen molar-refractivity contribution in [3.8, 4) is 5.75 Å². The van der Waals surface area contributed by atoms with Gasteiger partial charge in [0.25, 0.3) is 0 Å². The maximum Gasteiger partial charge on any atom is 0.139 e. The first-order chi connectivity index (χ1) is 8.50. The Morgan fingerprint density at radius 3 is 2.61 bits per heavy atom. The Morgan fingerprint density at radius 1 is 1.22 bits per heavy atom. The second-order valence-electron chi connectivity index (χ2n) is 4.48. The van der Waals surface area contributed by atoms with Gasteiger partial charge in [0.1, 0.15) is 12.4 Å². The predicted octanol–water partition coefficient (Wildman–Crippen LogP) is 4.77. The Hall–Kier alpha value is 0.0400. The molecule has 0 aliphatic rings. The first-order valence-electron chi connectivity index (χ1n) is 5.98. The van der Waals surface area contributed by atoms with Gasteiger partial charge in [0.05, 0.1) is 10.0 Å². The first-order valence-corrected chi connectivity index (χ1v) is 7.53. The molecule has 0 fully saturated rings. The summed E-state index contributed by atoms with van der Waals surface area (Å²) in [6.45, 7) is 6.81. The molecule has 0 radical (unpaired) electrons. The predicted molar refractivity (Wildman–Crippen MR) is 82.0 cm³/mol. The summed E-state index contributed by atoms with van der Waals surface area (Å²) in [6, 6.07) is 3.47.